The number of nitrogens with zero attached hydrogens (tertiary/aromatic N) is 3. The number of benzene rings is 1. The van der Waals surface area contributed by atoms with Crippen LogP contribution in [0.25, 0.3) is 5.69 Å². The molecule has 0 saturated heterocycles. The van der Waals surface area contributed by atoms with Crippen LogP contribution >= 0.6 is 12.2 Å². The summed E-state index contributed by atoms with van der Waals surface area (Å²) in [7, 11) is 1.82. The molecule has 3 aromatic rings. The first-order valence-corrected chi connectivity index (χ1v) is 8.38. The second kappa shape index (κ2) is 7.40. The predicted octanol–water partition coefficient (Wildman–Crippen LogP) is 2.71. The average Bonchev–Trinajstić information content (AvgIpc) is 3.13. The zero-order valence-electron chi connectivity index (χ0n) is 14.7. The molecule has 0 saturated carbocycles. The third-order valence-corrected chi connectivity index (χ3v) is 4.11. The topological polar surface area (TPSA) is 76.5 Å². The van der Waals surface area contributed by atoms with Crippen molar-refractivity contribution in [1.29, 1.82) is 0 Å². The molecule has 0 spiro atoms. The van der Waals surface area contributed by atoms with Crippen molar-refractivity contribution in [2.24, 2.45) is 12.1 Å². The highest BCUT2D eigenvalue weighted by Crippen LogP contribution is 2.13. The molecule has 1 aromatic carbocycles. The van der Waals surface area contributed by atoms with E-state index in [0.717, 1.165) is 17.1 Å². The van der Waals surface area contributed by atoms with Crippen LogP contribution in [0, 0.1) is 13.8 Å². The molecule has 3 rings (SSSR count). The molecule has 0 amide bonds. The SMILES string of the molecule is Cc1ccc(/C=N\NC(=S)Nc2c(C)n(C)n(-c3ccccc3)c2=O)o1. The first-order chi connectivity index (χ1) is 12.5. The number of furan rings is 1. The Hall–Kier alpha value is -3.13. The molecular weight excluding hydrogens is 350 g/mol. The molecule has 26 heavy (non-hydrogen) atoms. The molecule has 0 fully saturated rings. The molecule has 8 heteroatoms. The van der Waals surface area contributed by atoms with Gasteiger partial charge in [-0.25, -0.2) is 4.68 Å². The summed E-state index contributed by atoms with van der Waals surface area (Å²) in [6.07, 6.45) is 1.51. The van der Waals surface area contributed by atoms with E-state index < -0.39 is 0 Å². The summed E-state index contributed by atoms with van der Waals surface area (Å²) < 4.78 is 8.73. The van der Waals surface area contributed by atoms with Crippen LogP contribution in [0.3, 0.4) is 0 Å². The van der Waals surface area contributed by atoms with Gasteiger partial charge in [0.2, 0.25) is 0 Å². The van der Waals surface area contributed by atoms with E-state index >= 15 is 0 Å². The highest BCUT2D eigenvalue weighted by molar-refractivity contribution is 7.80. The molecule has 7 nitrogen and oxygen atoms in total. The van der Waals surface area contributed by atoms with Gasteiger partial charge in [0.25, 0.3) is 5.56 Å². The number of aromatic nitrogens is 2. The standard InChI is InChI=1S/C18H19N5O2S/c1-12-9-10-15(25-12)11-19-21-18(26)20-16-13(2)22(3)23(17(16)24)14-7-5-4-6-8-14/h4-11H,1-3H3,(H2,20,21,26)/b19-11-. The normalized spacial score (nSPS) is 11.0. The van der Waals surface area contributed by atoms with Gasteiger partial charge < -0.3 is 9.73 Å². The molecule has 0 radical (unpaired) electrons. The van der Waals surface area contributed by atoms with Gasteiger partial charge in [-0.05, 0) is 50.3 Å². The lowest BCUT2D eigenvalue weighted by molar-refractivity contribution is 0.527. The van der Waals surface area contributed by atoms with E-state index in [9.17, 15) is 4.79 Å². The first kappa shape index (κ1) is 17.7. The molecular formula is C18H19N5O2S. The number of hydrogen-bond donors (Lipinski definition) is 2. The number of hydrogen-bond acceptors (Lipinski definition) is 4. The summed E-state index contributed by atoms with van der Waals surface area (Å²) in [6, 6.07) is 13.1. The Balaban J connectivity index is 1.77. The van der Waals surface area contributed by atoms with Crippen LogP contribution in [-0.2, 0) is 7.05 Å². The van der Waals surface area contributed by atoms with Crippen LogP contribution in [0.4, 0.5) is 5.69 Å². The van der Waals surface area contributed by atoms with E-state index in [1.165, 1.54) is 6.21 Å². The van der Waals surface area contributed by atoms with Crippen molar-refractivity contribution in [2.75, 3.05) is 5.32 Å². The minimum atomic E-state index is -0.189. The third kappa shape index (κ3) is 3.60. The Labute approximate surface area is 155 Å². The lowest BCUT2D eigenvalue weighted by Crippen LogP contribution is -2.28. The summed E-state index contributed by atoms with van der Waals surface area (Å²) in [4.78, 5) is 12.8. The van der Waals surface area contributed by atoms with Crippen molar-refractivity contribution in [3.8, 4) is 5.69 Å². The van der Waals surface area contributed by atoms with E-state index in [1.54, 1.807) is 15.4 Å². The van der Waals surface area contributed by atoms with Crippen LogP contribution in [0.5, 0.6) is 0 Å². The van der Waals surface area contributed by atoms with Gasteiger partial charge in [0.1, 0.15) is 17.2 Å². The van der Waals surface area contributed by atoms with E-state index in [-0.39, 0.29) is 10.7 Å². The summed E-state index contributed by atoms with van der Waals surface area (Å²) >= 11 is 5.22. The fraction of sp³-hybridized carbons (Fsp3) is 0.167. The molecule has 0 atom stereocenters. The van der Waals surface area contributed by atoms with Gasteiger partial charge in [-0.2, -0.15) is 5.10 Å². The molecule has 0 aliphatic rings. The Morgan fingerprint density at radius 3 is 2.58 bits per heavy atom. The number of rotatable bonds is 4. The van der Waals surface area contributed by atoms with E-state index in [4.69, 9.17) is 16.6 Å². The van der Waals surface area contributed by atoms with Crippen LogP contribution in [0.1, 0.15) is 17.2 Å². The van der Waals surface area contributed by atoms with Crippen LogP contribution in [0.15, 0.2) is 56.8 Å². The van der Waals surface area contributed by atoms with E-state index in [1.807, 2.05) is 57.3 Å². The van der Waals surface area contributed by atoms with Gasteiger partial charge in [0, 0.05) is 7.05 Å². The third-order valence-electron chi connectivity index (χ3n) is 3.91. The number of anilines is 1. The van der Waals surface area contributed by atoms with Gasteiger partial charge in [-0.1, -0.05) is 18.2 Å². The largest absolute Gasteiger partial charge is 0.460 e. The van der Waals surface area contributed by atoms with E-state index in [0.29, 0.717) is 11.4 Å². The predicted molar refractivity (Wildman–Crippen MR) is 106 cm³/mol. The summed E-state index contributed by atoms with van der Waals surface area (Å²) in [5.41, 5.74) is 4.43. The quantitative estimate of drug-likeness (QED) is 0.420. The fourth-order valence-corrected chi connectivity index (χ4v) is 2.69. The highest BCUT2D eigenvalue weighted by Gasteiger charge is 2.16. The second-order valence-corrected chi connectivity index (χ2v) is 6.12. The minimum absolute atomic E-state index is 0.189. The second-order valence-electron chi connectivity index (χ2n) is 5.71. The van der Waals surface area contributed by atoms with Crippen molar-refractivity contribution in [1.82, 2.24) is 14.8 Å². The average molecular weight is 369 g/mol. The fourth-order valence-electron chi connectivity index (χ4n) is 2.53. The number of nitrogens with one attached hydrogen (secondary N) is 2. The molecule has 0 unspecified atom stereocenters. The molecule has 0 bridgehead atoms. The van der Waals surface area contributed by atoms with E-state index in [2.05, 4.69) is 15.8 Å². The summed E-state index contributed by atoms with van der Waals surface area (Å²) in [5.74, 6) is 1.41. The summed E-state index contributed by atoms with van der Waals surface area (Å²) in [6.45, 7) is 3.70. The van der Waals surface area contributed by atoms with Gasteiger partial charge >= 0.3 is 0 Å². The van der Waals surface area contributed by atoms with Crippen molar-refractivity contribution in [2.45, 2.75) is 13.8 Å². The molecule has 0 aliphatic heterocycles. The van der Waals surface area contributed by atoms with Crippen LogP contribution in [0.2, 0.25) is 0 Å². The van der Waals surface area contributed by atoms with Crippen molar-refractivity contribution in [3.05, 3.63) is 70.0 Å². The smallest absolute Gasteiger partial charge is 0.295 e. The Kier molecular flexibility index (Phi) is 5.04. The maximum atomic E-state index is 12.8. The molecule has 134 valence electrons. The van der Waals surface area contributed by atoms with Crippen LogP contribution < -0.4 is 16.3 Å². The lowest BCUT2D eigenvalue weighted by atomic mass is 10.3. The number of para-hydroxylation sites is 1. The lowest BCUT2D eigenvalue weighted by Gasteiger charge is -2.07. The Morgan fingerprint density at radius 2 is 1.92 bits per heavy atom. The first-order valence-electron chi connectivity index (χ1n) is 7.98. The number of thiocarbonyl (C=S) groups is 1. The van der Waals surface area contributed by atoms with Gasteiger partial charge in [-0.3, -0.25) is 14.9 Å². The monoisotopic (exact) mass is 369 g/mol. The molecule has 2 heterocycles. The van der Waals surface area contributed by atoms with Crippen molar-refractivity contribution in [3.63, 3.8) is 0 Å². The molecule has 2 aromatic heterocycles. The van der Waals surface area contributed by atoms with Gasteiger partial charge in [0.15, 0.2) is 5.11 Å². The number of hydrazone groups is 1. The van der Waals surface area contributed by atoms with Crippen molar-refractivity contribution >= 4 is 29.2 Å². The Bertz CT molecular complexity index is 1010. The Morgan fingerprint density at radius 1 is 1.19 bits per heavy atom. The zero-order valence-corrected chi connectivity index (χ0v) is 15.5. The molecule has 0 aliphatic carbocycles. The minimum Gasteiger partial charge on any atom is -0.460 e. The highest BCUT2D eigenvalue weighted by atomic mass is 32.1. The number of aryl methyl sites for hydroxylation is 1. The van der Waals surface area contributed by atoms with Crippen molar-refractivity contribution < 1.29 is 4.42 Å². The summed E-state index contributed by atoms with van der Waals surface area (Å²) in [5, 5.41) is 7.15. The van der Waals surface area contributed by atoms with Gasteiger partial charge in [-0.15, -0.1) is 0 Å². The maximum Gasteiger partial charge on any atom is 0.295 e. The zero-order chi connectivity index (χ0) is 18.7. The van der Waals surface area contributed by atoms with Crippen LogP contribution in [-0.4, -0.2) is 20.7 Å². The van der Waals surface area contributed by atoms with Gasteiger partial charge in [0.05, 0.1) is 17.6 Å². The maximum absolute atomic E-state index is 12.8. The molecule has 2 N–H and O–H groups in total.